The summed E-state index contributed by atoms with van der Waals surface area (Å²) in [5, 5.41) is 0. The molecule has 0 aromatic carbocycles. The van der Waals surface area contributed by atoms with Crippen LogP contribution in [0.1, 0.15) is 0 Å². The first-order valence-electron chi connectivity index (χ1n) is 4.13. The third-order valence-electron chi connectivity index (χ3n) is 1.85. The molecule has 0 atom stereocenters. The van der Waals surface area contributed by atoms with Crippen LogP contribution in [0.4, 0.5) is 0 Å². The van der Waals surface area contributed by atoms with Crippen LogP contribution < -0.4 is 13.9 Å². The van der Waals surface area contributed by atoms with Crippen molar-refractivity contribution >= 4 is 22.0 Å². The zero-order valence-electron chi connectivity index (χ0n) is 8.38. The molecule has 0 aliphatic carbocycles. The van der Waals surface area contributed by atoms with Gasteiger partial charge in [-0.15, -0.1) is 0 Å². The van der Waals surface area contributed by atoms with E-state index in [0.717, 1.165) is 3.58 Å². The molecule has 0 aliphatic rings. The first kappa shape index (κ1) is 10.6. The predicted molar refractivity (Wildman–Crippen MR) is 54.5 cm³/mol. The van der Waals surface area contributed by atoms with Crippen LogP contribution in [0.15, 0.2) is 21.5 Å². The molecule has 0 saturated carbocycles. The standard InChI is InChI=1S/C6H5O3.3CH3.Sn/c1-8-5-3-2-4-9-6(5)7;;;;/h2,4H,1H3;3*1H3;. The molecular weight excluding hydrogens is 275 g/mol. The van der Waals surface area contributed by atoms with Gasteiger partial charge < -0.3 is 0 Å². The minimum atomic E-state index is -2.23. The van der Waals surface area contributed by atoms with E-state index >= 15 is 0 Å². The summed E-state index contributed by atoms with van der Waals surface area (Å²) < 4.78 is 10.9. The van der Waals surface area contributed by atoms with Crippen molar-refractivity contribution in [2.24, 2.45) is 0 Å². The predicted octanol–water partition coefficient (Wildman–Crippen LogP) is 1.19. The van der Waals surface area contributed by atoms with Gasteiger partial charge in [-0.3, -0.25) is 0 Å². The molecule has 3 nitrogen and oxygen atoms in total. The molecule has 0 N–H and O–H groups in total. The fraction of sp³-hybridized carbons (Fsp3) is 0.444. The molecule has 72 valence electrons. The van der Waals surface area contributed by atoms with Gasteiger partial charge in [-0.1, -0.05) is 0 Å². The van der Waals surface area contributed by atoms with E-state index in [1.54, 1.807) is 0 Å². The molecule has 1 aromatic rings. The summed E-state index contributed by atoms with van der Waals surface area (Å²) in [6.45, 7) is 0. The quantitative estimate of drug-likeness (QED) is 0.768. The van der Waals surface area contributed by atoms with Gasteiger partial charge in [-0.05, 0) is 0 Å². The molecule has 0 unspecified atom stereocenters. The average molecular weight is 289 g/mol. The molecule has 13 heavy (non-hydrogen) atoms. The Kier molecular flexibility index (Phi) is 3.05. The van der Waals surface area contributed by atoms with Crippen LogP contribution in [0, 0.1) is 0 Å². The average Bonchev–Trinajstić information content (AvgIpc) is 2.02. The van der Waals surface area contributed by atoms with E-state index in [1.807, 2.05) is 6.07 Å². The van der Waals surface area contributed by atoms with E-state index in [0.29, 0.717) is 5.75 Å². The summed E-state index contributed by atoms with van der Waals surface area (Å²) in [7, 11) is 1.51. The fourth-order valence-electron chi connectivity index (χ4n) is 1.19. The van der Waals surface area contributed by atoms with Crippen LogP contribution in [0.25, 0.3) is 0 Å². The Hall–Kier alpha value is -0.451. The Morgan fingerprint density at radius 2 is 2.00 bits per heavy atom. The van der Waals surface area contributed by atoms with Crippen molar-refractivity contribution in [3.8, 4) is 5.75 Å². The maximum atomic E-state index is 11.3. The molecule has 0 spiro atoms. The third kappa shape index (κ3) is 2.27. The monoisotopic (exact) mass is 290 g/mol. The van der Waals surface area contributed by atoms with Gasteiger partial charge in [-0.25, -0.2) is 0 Å². The molecule has 0 amide bonds. The molecule has 1 heterocycles. The Balaban J connectivity index is 3.38. The van der Waals surface area contributed by atoms with E-state index in [4.69, 9.17) is 9.15 Å². The summed E-state index contributed by atoms with van der Waals surface area (Å²) in [6.07, 6.45) is 1.45. The molecular formula is C9H14O3Sn. The number of hydrogen-bond acceptors (Lipinski definition) is 3. The Labute approximate surface area is 81.6 Å². The minimum absolute atomic E-state index is 0.369. The molecule has 0 bridgehead atoms. The van der Waals surface area contributed by atoms with Gasteiger partial charge >= 0.3 is 81.5 Å². The van der Waals surface area contributed by atoms with Crippen molar-refractivity contribution < 1.29 is 9.15 Å². The first-order chi connectivity index (χ1) is 5.96. The second-order valence-corrected chi connectivity index (χ2v) is 18.3. The van der Waals surface area contributed by atoms with Crippen molar-refractivity contribution in [2.75, 3.05) is 7.11 Å². The van der Waals surface area contributed by atoms with Gasteiger partial charge in [0.1, 0.15) is 0 Å². The van der Waals surface area contributed by atoms with Crippen LogP contribution in [0.2, 0.25) is 14.8 Å². The summed E-state index contributed by atoms with van der Waals surface area (Å²) in [5.41, 5.74) is -0.369. The van der Waals surface area contributed by atoms with Gasteiger partial charge in [0.2, 0.25) is 0 Å². The van der Waals surface area contributed by atoms with Crippen LogP contribution in [0.3, 0.4) is 0 Å². The van der Waals surface area contributed by atoms with E-state index < -0.39 is 18.4 Å². The van der Waals surface area contributed by atoms with Gasteiger partial charge in [0.05, 0.1) is 0 Å². The summed E-state index contributed by atoms with van der Waals surface area (Å²) >= 11 is -2.23. The third-order valence-corrected chi connectivity index (χ3v) is 7.59. The Bertz CT molecular complexity index is 349. The maximum absolute atomic E-state index is 11.3. The van der Waals surface area contributed by atoms with Crippen LogP contribution in [-0.2, 0) is 0 Å². The van der Waals surface area contributed by atoms with E-state index in [2.05, 4.69) is 14.8 Å². The number of methoxy groups -OCH3 is 1. The molecule has 0 aliphatic heterocycles. The SMILES string of the molecule is COc1[c]([Sn]([CH3])([CH3])[CH3])ccoc1=O. The number of ether oxygens (including phenoxy) is 1. The molecule has 0 fully saturated rings. The van der Waals surface area contributed by atoms with Crippen LogP contribution in [-0.4, -0.2) is 25.5 Å². The van der Waals surface area contributed by atoms with Crippen LogP contribution in [0.5, 0.6) is 5.75 Å². The van der Waals surface area contributed by atoms with Crippen molar-refractivity contribution in [1.82, 2.24) is 0 Å². The van der Waals surface area contributed by atoms with Crippen molar-refractivity contribution in [1.29, 1.82) is 0 Å². The number of rotatable bonds is 2. The fourth-order valence-corrected chi connectivity index (χ4v) is 5.33. The Morgan fingerprint density at radius 3 is 2.38 bits per heavy atom. The van der Waals surface area contributed by atoms with Crippen LogP contribution >= 0.6 is 0 Å². The molecule has 1 rings (SSSR count). The van der Waals surface area contributed by atoms with Crippen molar-refractivity contribution in [3.63, 3.8) is 0 Å². The molecule has 0 saturated heterocycles. The number of hydrogen-bond donors (Lipinski definition) is 0. The molecule has 1 aromatic heterocycles. The molecule has 0 radical (unpaired) electrons. The summed E-state index contributed by atoms with van der Waals surface area (Å²) in [6, 6.07) is 1.86. The normalized spacial score (nSPS) is 11.4. The Morgan fingerprint density at radius 1 is 1.38 bits per heavy atom. The zero-order valence-corrected chi connectivity index (χ0v) is 11.2. The van der Waals surface area contributed by atoms with E-state index in [9.17, 15) is 4.79 Å². The second-order valence-electron chi connectivity index (χ2n) is 3.90. The van der Waals surface area contributed by atoms with E-state index in [-0.39, 0.29) is 5.63 Å². The zero-order chi connectivity index (χ0) is 10.1. The van der Waals surface area contributed by atoms with E-state index in [1.165, 1.54) is 13.4 Å². The molecule has 4 heteroatoms. The second kappa shape index (κ2) is 3.74. The topological polar surface area (TPSA) is 39.4 Å². The van der Waals surface area contributed by atoms with Crippen molar-refractivity contribution in [3.05, 3.63) is 22.7 Å². The summed E-state index contributed by atoms with van der Waals surface area (Å²) in [4.78, 5) is 17.9. The first-order valence-corrected chi connectivity index (χ1v) is 14.1. The van der Waals surface area contributed by atoms with Gasteiger partial charge in [0, 0.05) is 0 Å². The van der Waals surface area contributed by atoms with Gasteiger partial charge in [0.15, 0.2) is 0 Å². The van der Waals surface area contributed by atoms with Crippen molar-refractivity contribution in [2.45, 2.75) is 14.8 Å². The summed E-state index contributed by atoms with van der Waals surface area (Å²) in [5.74, 6) is 0.394. The van der Waals surface area contributed by atoms with Gasteiger partial charge in [0.25, 0.3) is 0 Å². The van der Waals surface area contributed by atoms with Gasteiger partial charge in [-0.2, -0.15) is 0 Å².